The molecule has 0 amide bonds. The van der Waals surface area contributed by atoms with E-state index in [1.807, 2.05) is 0 Å². The third kappa shape index (κ3) is 5.35. The topological polar surface area (TPSA) is 108 Å². The number of ether oxygens (including phenoxy) is 4. The summed E-state index contributed by atoms with van der Waals surface area (Å²) in [7, 11) is 0. The van der Waals surface area contributed by atoms with Gasteiger partial charge in [-0.1, -0.05) is 67.3 Å². The van der Waals surface area contributed by atoms with Crippen molar-refractivity contribution >= 4 is 17.9 Å². The van der Waals surface area contributed by atoms with Crippen LogP contribution in [0.15, 0.2) is 104 Å². The zero-order valence-corrected chi connectivity index (χ0v) is 19.2. The zero-order valence-electron chi connectivity index (χ0n) is 19.2. The molecule has 0 radical (unpaired) electrons. The molecule has 4 atom stereocenters. The van der Waals surface area contributed by atoms with Crippen LogP contribution in [-0.2, 0) is 18.9 Å². The molecule has 1 fully saturated rings. The van der Waals surface area contributed by atoms with Crippen molar-refractivity contribution in [3.63, 3.8) is 0 Å². The van der Waals surface area contributed by atoms with Gasteiger partial charge < -0.3 is 24.1 Å². The monoisotopic (exact) mass is 488 g/mol. The van der Waals surface area contributed by atoms with Crippen molar-refractivity contribution in [2.24, 2.45) is 0 Å². The Bertz CT molecular complexity index is 1210. The van der Waals surface area contributed by atoms with Gasteiger partial charge in [0.25, 0.3) is 0 Å². The van der Waals surface area contributed by atoms with E-state index in [1.54, 1.807) is 78.9 Å². The summed E-state index contributed by atoms with van der Waals surface area (Å²) in [6, 6.07) is 24.5. The first-order valence-electron chi connectivity index (χ1n) is 11.2. The molecule has 1 aliphatic rings. The number of esters is 3. The number of aliphatic hydroxyl groups is 1. The first-order chi connectivity index (χ1) is 17.4. The Labute approximate surface area is 207 Å². The molecule has 0 aliphatic carbocycles. The van der Waals surface area contributed by atoms with Crippen molar-refractivity contribution in [2.45, 2.75) is 24.1 Å². The maximum Gasteiger partial charge on any atom is 0.340 e. The van der Waals surface area contributed by atoms with Gasteiger partial charge in [0.1, 0.15) is 12.7 Å². The highest BCUT2D eigenvalue weighted by atomic mass is 16.7. The highest BCUT2D eigenvalue weighted by Gasteiger charge is 2.59. The molecule has 3 aromatic carbocycles. The molecule has 1 N–H and O–H groups in total. The van der Waals surface area contributed by atoms with Crippen molar-refractivity contribution in [2.75, 3.05) is 6.61 Å². The van der Waals surface area contributed by atoms with Crippen LogP contribution in [0, 0.1) is 0 Å². The van der Waals surface area contributed by atoms with E-state index in [-0.39, 0.29) is 11.1 Å². The lowest BCUT2D eigenvalue weighted by molar-refractivity contribution is -0.162. The van der Waals surface area contributed by atoms with Crippen LogP contribution < -0.4 is 0 Å². The van der Waals surface area contributed by atoms with Crippen LogP contribution in [0.25, 0.3) is 0 Å². The zero-order chi connectivity index (χ0) is 25.5. The Morgan fingerprint density at radius 1 is 0.778 bits per heavy atom. The van der Waals surface area contributed by atoms with Gasteiger partial charge in [-0.3, -0.25) is 0 Å². The highest BCUT2D eigenvalue weighted by Crippen LogP contribution is 2.36. The molecule has 0 aromatic heterocycles. The number of benzene rings is 3. The lowest BCUT2D eigenvalue weighted by Gasteiger charge is -2.29. The summed E-state index contributed by atoms with van der Waals surface area (Å²) >= 11 is 0. The molecule has 0 saturated carbocycles. The Kier molecular flexibility index (Phi) is 7.58. The first-order valence-corrected chi connectivity index (χ1v) is 11.2. The van der Waals surface area contributed by atoms with Gasteiger partial charge in [0.05, 0.1) is 16.7 Å². The Hall–Kier alpha value is -4.27. The van der Waals surface area contributed by atoms with E-state index in [0.717, 1.165) is 6.08 Å². The maximum atomic E-state index is 12.8. The molecule has 184 valence electrons. The fourth-order valence-electron chi connectivity index (χ4n) is 3.72. The molecule has 1 aliphatic heterocycles. The normalized spacial score (nSPS) is 22.9. The minimum absolute atomic E-state index is 0.226. The van der Waals surface area contributed by atoms with E-state index in [1.165, 1.54) is 12.1 Å². The van der Waals surface area contributed by atoms with Crippen molar-refractivity contribution in [1.82, 2.24) is 0 Å². The fraction of sp³-hybridized carbons (Fsp3) is 0.179. The van der Waals surface area contributed by atoms with Gasteiger partial charge in [-0.15, -0.1) is 0 Å². The number of carbonyl (C=O) groups excluding carboxylic acids is 3. The maximum absolute atomic E-state index is 12.8. The SMILES string of the molecule is C=CC1(O)C(OC(=O)c2ccccc2)[C@@H](COC(=O)c2ccccc2)O[C@H]1OC(=O)c1ccccc1. The molecule has 3 aromatic rings. The van der Waals surface area contributed by atoms with E-state index < -0.39 is 48.6 Å². The average Bonchev–Trinajstić information content (AvgIpc) is 3.19. The second kappa shape index (κ2) is 11.0. The quantitative estimate of drug-likeness (QED) is 0.291. The Balaban J connectivity index is 1.57. The third-order valence-electron chi connectivity index (χ3n) is 5.65. The summed E-state index contributed by atoms with van der Waals surface area (Å²) in [5.41, 5.74) is -1.36. The summed E-state index contributed by atoms with van der Waals surface area (Å²) in [5, 5.41) is 11.4. The van der Waals surface area contributed by atoms with Gasteiger partial charge in [0.2, 0.25) is 6.29 Å². The molecule has 36 heavy (non-hydrogen) atoms. The van der Waals surface area contributed by atoms with Crippen LogP contribution >= 0.6 is 0 Å². The summed E-state index contributed by atoms with van der Waals surface area (Å²) < 4.78 is 22.2. The summed E-state index contributed by atoms with van der Waals surface area (Å²) in [4.78, 5) is 38.0. The molecule has 8 nitrogen and oxygen atoms in total. The minimum Gasteiger partial charge on any atom is -0.459 e. The van der Waals surface area contributed by atoms with Gasteiger partial charge in [-0.25, -0.2) is 14.4 Å². The molecule has 1 saturated heterocycles. The van der Waals surface area contributed by atoms with Crippen molar-refractivity contribution < 1.29 is 38.4 Å². The first kappa shape index (κ1) is 24.8. The second-order valence-electron chi connectivity index (χ2n) is 8.03. The van der Waals surface area contributed by atoms with Crippen molar-refractivity contribution in [3.8, 4) is 0 Å². The number of carbonyl (C=O) groups is 3. The van der Waals surface area contributed by atoms with Crippen molar-refractivity contribution in [3.05, 3.63) is 120 Å². The van der Waals surface area contributed by atoms with Gasteiger partial charge in [0, 0.05) is 0 Å². The predicted octanol–water partition coefficient (Wildman–Crippen LogP) is 3.57. The van der Waals surface area contributed by atoms with E-state index in [4.69, 9.17) is 18.9 Å². The Morgan fingerprint density at radius 2 is 1.22 bits per heavy atom. The molecule has 8 heteroatoms. The van der Waals surface area contributed by atoms with Crippen LogP contribution in [0.1, 0.15) is 31.1 Å². The summed E-state index contributed by atoms with van der Waals surface area (Å²) in [5.74, 6) is -2.16. The molecular formula is C28H24O8. The van der Waals surface area contributed by atoms with Gasteiger partial charge >= 0.3 is 17.9 Å². The third-order valence-corrected chi connectivity index (χ3v) is 5.65. The average molecular weight is 488 g/mol. The lowest BCUT2D eigenvalue weighted by atomic mass is 9.95. The second-order valence-corrected chi connectivity index (χ2v) is 8.03. The summed E-state index contributed by atoms with van der Waals surface area (Å²) in [6.07, 6.45) is -3.07. The van der Waals surface area contributed by atoms with E-state index in [2.05, 4.69) is 6.58 Å². The number of hydrogen-bond donors (Lipinski definition) is 1. The van der Waals surface area contributed by atoms with Crippen LogP contribution in [0.4, 0.5) is 0 Å². The van der Waals surface area contributed by atoms with E-state index in [9.17, 15) is 19.5 Å². The molecule has 0 bridgehead atoms. The van der Waals surface area contributed by atoms with Gasteiger partial charge in [-0.05, 0) is 36.4 Å². The molecule has 0 spiro atoms. The highest BCUT2D eigenvalue weighted by molar-refractivity contribution is 5.90. The number of hydrogen-bond acceptors (Lipinski definition) is 8. The van der Waals surface area contributed by atoms with E-state index >= 15 is 0 Å². The number of rotatable bonds is 8. The Morgan fingerprint density at radius 3 is 1.69 bits per heavy atom. The summed E-state index contributed by atoms with van der Waals surface area (Å²) in [6.45, 7) is 3.24. The van der Waals surface area contributed by atoms with Gasteiger partial charge in [-0.2, -0.15) is 0 Å². The molecule has 4 rings (SSSR count). The van der Waals surface area contributed by atoms with Crippen molar-refractivity contribution in [1.29, 1.82) is 0 Å². The van der Waals surface area contributed by atoms with E-state index in [0.29, 0.717) is 5.56 Å². The van der Waals surface area contributed by atoms with Gasteiger partial charge in [0.15, 0.2) is 11.7 Å². The fourth-order valence-corrected chi connectivity index (χ4v) is 3.72. The van der Waals surface area contributed by atoms with Crippen LogP contribution in [0.3, 0.4) is 0 Å². The van der Waals surface area contributed by atoms with Crippen LogP contribution in [0.2, 0.25) is 0 Å². The van der Waals surface area contributed by atoms with Crippen LogP contribution in [-0.4, -0.2) is 53.7 Å². The predicted molar refractivity (Wildman–Crippen MR) is 128 cm³/mol. The molecule has 1 heterocycles. The largest absolute Gasteiger partial charge is 0.459 e. The van der Waals surface area contributed by atoms with Crippen LogP contribution in [0.5, 0.6) is 0 Å². The lowest BCUT2D eigenvalue weighted by Crippen LogP contribution is -2.50. The standard InChI is InChI=1S/C28H24O8/c1-2-28(32)23(35-25(30)20-14-8-4-9-15-20)22(18-33-24(29)19-12-6-3-7-13-19)34-27(28)36-26(31)21-16-10-5-11-17-21/h2-17,22-23,27,32H,1,18H2/t22-,23?,27+,28?/m1/s1. The minimum atomic E-state index is -2.13. The smallest absolute Gasteiger partial charge is 0.340 e. The molecular weight excluding hydrogens is 464 g/mol. The molecule has 2 unspecified atom stereocenters.